The zero-order valence-corrected chi connectivity index (χ0v) is 12.6. The Kier molecular flexibility index (Phi) is 4.95. The lowest BCUT2D eigenvalue weighted by Crippen LogP contribution is -2.23. The summed E-state index contributed by atoms with van der Waals surface area (Å²) in [5.41, 5.74) is 7.96. The Morgan fingerprint density at radius 2 is 1.76 bits per heavy atom. The first-order valence-corrected chi connectivity index (χ1v) is 7.91. The Morgan fingerprint density at radius 1 is 1.10 bits per heavy atom. The number of nitrogens with two attached hydrogens (primary N) is 1. The Hall–Kier alpha value is -1.89. The molecule has 0 heterocycles. The predicted octanol–water partition coefficient (Wildman–Crippen LogP) is 1.89. The first kappa shape index (κ1) is 15.5. The summed E-state index contributed by atoms with van der Waals surface area (Å²) < 4.78 is 31.9. The van der Waals surface area contributed by atoms with Crippen molar-refractivity contribution in [3.8, 4) is 0 Å². The van der Waals surface area contributed by atoms with Crippen molar-refractivity contribution >= 4 is 15.7 Å². The van der Waals surface area contributed by atoms with Crippen LogP contribution in [0.15, 0.2) is 53.4 Å². The molecule has 0 aliphatic heterocycles. The van der Waals surface area contributed by atoms with Crippen LogP contribution < -0.4 is 10.5 Å². The van der Waals surface area contributed by atoms with E-state index in [2.05, 4.69) is 4.72 Å². The summed E-state index contributed by atoms with van der Waals surface area (Å²) >= 11 is 0. The Bertz CT molecular complexity index is 697. The fourth-order valence-electron chi connectivity index (χ4n) is 1.90. The van der Waals surface area contributed by atoms with E-state index in [1.807, 2.05) is 24.3 Å². The van der Waals surface area contributed by atoms with Crippen molar-refractivity contribution in [1.29, 1.82) is 0 Å². The van der Waals surface area contributed by atoms with E-state index in [9.17, 15) is 8.42 Å². The van der Waals surface area contributed by atoms with Crippen molar-refractivity contribution < 1.29 is 13.2 Å². The van der Waals surface area contributed by atoms with Crippen molar-refractivity contribution in [3.63, 3.8) is 0 Å². The first-order chi connectivity index (χ1) is 10.0. The standard InChI is InChI=1S/C15H18N2O3S/c1-20-11-13-4-2-3-12(9-13)10-17-21(18,19)15-7-5-14(16)6-8-15/h2-9,17H,10-11,16H2,1H3. The van der Waals surface area contributed by atoms with Crippen molar-refractivity contribution in [2.24, 2.45) is 0 Å². The number of benzene rings is 2. The number of rotatable bonds is 6. The molecular formula is C15H18N2O3S. The molecule has 0 amide bonds. The van der Waals surface area contributed by atoms with Crippen molar-refractivity contribution in [3.05, 3.63) is 59.7 Å². The first-order valence-electron chi connectivity index (χ1n) is 6.43. The molecular weight excluding hydrogens is 288 g/mol. The number of hydrogen-bond acceptors (Lipinski definition) is 4. The van der Waals surface area contributed by atoms with Gasteiger partial charge < -0.3 is 10.5 Å². The summed E-state index contributed by atoms with van der Waals surface area (Å²) in [4.78, 5) is 0.199. The molecule has 0 saturated carbocycles. The molecule has 0 unspecified atom stereocenters. The molecule has 0 fully saturated rings. The second-order valence-electron chi connectivity index (χ2n) is 4.65. The minimum atomic E-state index is -3.54. The quantitative estimate of drug-likeness (QED) is 0.799. The van der Waals surface area contributed by atoms with Crippen LogP contribution in [0, 0.1) is 0 Å². The summed E-state index contributed by atoms with van der Waals surface area (Å²) in [5, 5.41) is 0. The van der Waals surface area contributed by atoms with E-state index in [1.165, 1.54) is 12.1 Å². The van der Waals surface area contributed by atoms with E-state index >= 15 is 0 Å². The highest BCUT2D eigenvalue weighted by Crippen LogP contribution is 2.13. The molecule has 112 valence electrons. The number of sulfonamides is 1. The molecule has 0 spiro atoms. The summed E-state index contributed by atoms with van der Waals surface area (Å²) in [6.45, 7) is 0.725. The van der Waals surface area contributed by atoms with Crippen molar-refractivity contribution in [2.75, 3.05) is 12.8 Å². The summed E-state index contributed by atoms with van der Waals surface area (Å²) in [6, 6.07) is 13.7. The topological polar surface area (TPSA) is 81.4 Å². The van der Waals surface area contributed by atoms with Crippen LogP contribution in [0.4, 0.5) is 5.69 Å². The van der Waals surface area contributed by atoms with Crippen LogP contribution in [0.25, 0.3) is 0 Å². The number of methoxy groups -OCH3 is 1. The second-order valence-corrected chi connectivity index (χ2v) is 6.41. The zero-order valence-electron chi connectivity index (χ0n) is 11.7. The lowest BCUT2D eigenvalue weighted by molar-refractivity contribution is 0.185. The fourth-order valence-corrected chi connectivity index (χ4v) is 2.92. The van der Waals surface area contributed by atoms with Crippen molar-refractivity contribution in [1.82, 2.24) is 4.72 Å². The van der Waals surface area contributed by atoms with Gasteiger partial charge in [-0.25, -0.2) is 13.1 Å². The average Bonchev–Trinajstić information content (AvgIpc) is 2.47. The van der Waals surface area contributed by atoms with Crippen LogP contribution in [0.5, 0.6) is 0 Å². The van der Waals surface area contributed by atoms with Crippen LogP contribution in [0.3, 0.4) is 0 Å². The molecule has 21 heavy (non-hydrogen) atoms. The maximum Gasteiger partial charge on any atom is 0.240 e. The van der Waals surface area contributed by atoms with E-state index in [1.54, 1.807) is 19.2 Å². The number of anilines is 1. The number of ether oxygens (including phenoxy) is 1. The molecule has 2 aromatic carbocycles. The van der Waals surface area contributed by atoms with Gasteiger partial charge in [-0.15, -0.1) is 0 Å². The largest absolute Gasteiger partial charge is 0.399 e. The average molecular weight is 306 g/mol. The van der Waals surface area contributed by atoms with Crippen LogP contribution >= 0.6 is 0 Å². The van der Waals surface area contributed by atoms with Crippen LogP contribution in [-0.4, -0.2) is 15.5 Å². The maximum absolute atomic E-state index is 12.2. The maximum atomic E-state index is 12.2. The van der Waals surface area contributed by atoms with Gasteiger partial charge in [0.2, 0.25) is 10.0 Å². The van der Waals surface area contributed by atoms with Gasteiger partial charge in [0.1, 0.15) is 0 Å². The Labute approximate surface area is 124 Å². The van der Waals surface area contributed by atoms with Crippen molar-refractivity contribution in [2.45, 2.75) is 18.0 Å². The highest BCUT2D eigenvalue weighted by atomic mass is 32.2. The van der Waals surface area contributed by atoms with Crippen LogP contribution in [0.1, 0.15) is 11.1 Å². The Balaban J connectivity index is 2.08. The Morgan fingerprint density at radius 3 is 2.43 bits per heavy atom. The van der Waals surface area contributed by atoms with E-state index in [-0.39, 0.29) is 11.4 Å². The summed E-state index contributed by atoms with van der Waals surface area (Å²) in [7, 11) is -1.92. The van der Waals surface area contributed by atoms with Crippen LogP contribution in [0.2, 0.25) is 0 Å². The minimum Gasteiger partial charge on any atom is -0.399 e. The normalized spacial score (nSPS) is 11.5. The number of nitrogen functional groups attached to an aromatic ring is 1. The zero-order chi connectivity index (χ0) is 15.3. The molecule has 0 aromatic heterocycles. The molecule has 0 saturated heterocycles. The smallest absolute Gasteiger partial charge is 0.240 e. The fraction of sp³-hybridized carbons (Fsp3) is 0.200. The van der Waals surface area contributed by atoms with Gasteiger partial charge in [0.25, 0.3) is 0 Å². The van der Waals surface area contributed by atoms with Gasteiger partial charge in [-0.3, -0.25) is 0 Å². The van der Waals surface area contributed by atoms with Gasteiger partial charge in [-0.2, -0.15) is 0 Å². The third kappa shape index (κ3) is 4.29. The third-order valence-corrected chi connectivity index (χ3v) is 4.38. The second kappa shape index (κ2) is 6.71. The summed E-state index contributed by atoms with van der Waals surface area (Å²) in [6.07, 6.45) is 0. The molecule has 3 N–H and O–H groups in total. The van der Waals surface area contributed by atoms with E-state index in [4.69, 9.17) is 10.5 Å². The third-order valence-electron chi connectivity index (χ3n) is 2.96. The van der Waals surface area contributed by atoms with Gasteiger partial charge in [-0.05, 0) is 35.4 Å². The lowest BCUT2D eigenvalue weighted by atomic mass is 10.1. The molecule has 2 rings (SSSR count). The molecule has 6 heteroatoms. The number of hydrogen-bond donors (Lipinski definition) is 2. The highest BCUT2D eigenvalue weighted by molar-refractivity contribution is 7.89. The lowest BCUT2D eigenvalue weighted by Gasteiger charge is -2.08. The van der Waals surface area contributed by atoms with E-state index < -0.39 is 10.0 Å². The van der Waals surface area contributed by atoms with Gasteiger partial charge in [0.15, 0.2) is 0 Å². The highest BCUT2D eigenvalue weighted by Gasteiger charge is 2.13. The molecule has 0 radical (unpaired) electrons. The van der Waals surface area contributed by atoms with Gasteiger partial charge in [-0.1, -0.05) is 24.3 Å². The number of nitrogens with one attached hydrogen (secondary N) is 1. The summed E-state index contributed by atoms with van der Waals surface area (Å²) in [5.74, 6) is 0. The molecule has 2 aromatic rings. The van der Waals surface area contributed by atoms with Gasteiger partial charge >= 0.3 is 0 Å². The molecule has 0 bridgehead atoms. The molecule has 5 nitrogen and oxygen atoms in total. The van der Waals surface area contributed by atoms with Crippen LogP contribution in [-0.2, 0) is 27.9 Å². The SMILES string of the molecule is COCc1cccc(CNS(=O)(=O)c2ccc(N)cc2)c1. The molecule has 0 aliphatic rings. The van der Waals surface area contributed by atoms with E-state index in [0.29, 0.717) is 12.3 Å². The van der Waals surface area contributed by atoms with E-state index in [0.717, 1.165) is 11.1 Å². The monoisotopic (exact) mass is 306 g/mol. The molecule has 0 aliphatic carbocycles. The predicted molar refractivity (Wildman–Crippen MR) is 82.0 cm³/mol. The van der Waals surface area contributed by atoms with Gasteiger partial charge in [0, 0.05) is 19.3 Å². The molecule has 0 atom stereocenters. The minimum absolute atomic E-state index is 0.199. The van der Waals surface area contributed by atoms with Gasteiger partial charge in [0.05, 0.1) is 11.5 Å².